The van der Waals surface area contributed by atoms with Gasteiger partial charge in [0, 0.05) is 23.7 Å². The molecular formula is C34H48N2O3S. The van der Waals surface area contributed by atoms with Crippen molar-refractivity contribution in [1.82, 2.24) is 10.2 Å². The molecule has 5 nitrogen and oxygen atoms in total. The Morgan fingerprint density at radius 3 is 2.40 bits per heavy atom. The molecule has 0 aliphatic heterocycles. The summed E-state index contributed by atoms with van der Waals surface area (Å²) in [6.45, 7) is 2.99. The van der Waals surface area contributed by atoms with Gasteiger partial charge in [-0.05, 0) is 97.8 Å². The molecule has 2 aromatic carbocycles. The Morgan fingerprint density at radius 1 is 1.05 bits per heavy atom. The van der Waals surface area contributed by atoms with E-state index in [2.05, 4.69) is 41.4 Å². The number of carbonyl (C=O) groups excluding carboxylic acids is 1. The van der Waals surface area contributed by atoms with Crippen molar-refractivity contribution in [3.63, 3.8) is 0 Å². The summed E-state index contributed by atoms with van der Waals surface area (Å²) in [5, 5.41) is 12.5. The molecule has 0 aromatic heterocycles. The van der Waals surface area contributed by atoms with Crippen LogP contribution in [-0.2, 0) is 11.3 Å². The lowest BCUT2D eigenvalue weighted by Crippen LogP contribution is -2.41. The molecule has 2 N–H and O–H groups in total. The predicted molar refractivity (Wildman–Crippen MR) is 167 cm³/mol. The number of benzene rings is 2. The normalized spacial score (nSPS) is 19.1. The first kappa shape index (κ1) is 30.6. The molecule has 1 amide bonds. The Kier molecular flexibility index (Phi) is 10.4. The second-order valence-corrected chi connectivity index (χ2v) is 13.1. The van der Waals surface area contributed by atoms with E-state index in [9.17, 15) is 14.7 Å². The molecule has 1 atom stereocenters. The number of aryl methyl sites for hydroxylation is 1. The Balaban J connectivity index is 0.00000370. The van der Waals surface area contributed by atoms with Crippen LogP contribution in [0.5, 0.6) is 0 Å². The monoisotopic (exact) mass is 564 g/mol. The van der Waals surface area contributed by atoms with Gasteiger partial charge in [0.2, 0.25) is 0 Å². The van der Waals surface area contributed by atoms with E-state index in [1.807, 2.05) is 24.5 Å². The predicted octanol–water partition coefficient (Wildman–Crippen LogP) is 7.70. The molecule has 218 valence electrons. The zero-order chi connectivity index (χ0) is 27.4. The minimum absolute atomic E-state index is 0. The number of hydrogen-bond acceptors (Lipinski definition) is 4. The molecule has 2 aromatic rings. The van der Waals surface area contributed by atoms with E-state index in [4.69, 9.17) is 0 Å². The van der Waals surface area contributed by atoms with Crippen molar-refractivity contribution in [1.29, 1.82) is 0 Å². The van der Waals surface area contributed by atoms with Gasteiger partial charge < -0.3 is 10.4 Å². The minimum Gasteiger partial charge on any atom is -0.480 e. The molecule has 40 heavy (non-hydrogen) atoms. The van der Waals surface area contributed by atoms with Crippen molar-refractivity contribution in [3.8, 4) is 11.1 Å². The van der Waals surface area contributed by atoms with Gasteiger partial charge >= 0.3 is 5.97 Å². The van der Waals surface area contributed by atoms with Crippen LogP contribution in [-0.4, -0.2) is 51.5 Å². The van der Waals surface area contributed by atoms with E-state index in [1.165, 1.54) is 69.8 Å². The average molecular weight is 565 g/mol. The lowest BCUT2D eigenvalue weighted by Gasteiger charge is -2.36. The Morgan fingerprint density at radius 2 is 1.77 bits per heavy atom. The summed E-state index contributed by atoms with van der Waals surface area (Å²) in [6.07, 6.45) is 15.9. The van der Waals surface area contributed by atoms with Crippen LogP contribution in [0.1, 0.15) is 99.5 Å². The van der Waals surface area contributed by atoms with Crippen molar-refractivity contribution in [2.75, 3.05) is 12.0 Å². The topological polar surface area (TPSA) is 69.6 Å². The first-order valence-electron chi connectivity index (χ1n) is 14.9. The standard InChI is InChI=1S/C33H44N2O3S.CH4/c1-23-8-6-7-11-27(23)29-20-25(12-15-28(29)31(36)34-30(32(37)38)16-19-39-2)22-35(26-13-14-26)33(17-18-33)21-24-9-4-3-5-10-24;/h6-8,11-12,15,20,24,26,30H,3-5,9-10,13-14,16-19,21-22H2,1-2H3,(H,34,36)(H,37,38);1H4/t30-;/m0./s1. The molecule has 0 saturated heterocycles. The van der Waals surface area contributed by atoms with Crippen LogP contribution >= 0.6 is 11.8 Å². The van der Waals surface area contributed by atoms with E-state index in [0.29, 0.717) is 29.3 Å². The lowest BCUT2D eigenvalue weighted by molar-refractivity contribution is -0.139. The molecule has 6 heteroatoms. The Labute approximate surface area is 245 Å². The summed E-state index contributed by atoms with van der Waals surface area (Å²) in [4.78, 5) is 28.1. The molecule has 5 rings (SSSR count). The number of hydrogen-bond donors (Lipinski definition) is 2. The SMILES string of the molecule is C.CSCC[C@H](NC(=O)c1ccc(CN(C2CC2)C2(CC3CCCCC3)CC2)cc1-c1ccccc1C)C(=O)O. The molecule has 0 spiro atoms. The molecule has 3 aliphatic rings. The number of carboxylic acid groups (broad SMARTS) is 1. The van der Waals surface area contributed by atoms with E-state index < -0.39 is 12.0 Å². The molecule has 0 radical (unpaired) electrons. The highest BCUT2D eigenvalue weighted by atomic mass is 32.2. The number of nitrogens with zero attached hydrogens (tertiary/aromatic N) is 1. The number of nitrogens with one attached hydrogen (secondary N) is 1. The molecule has 0 unspecified atom stereocenters. The Bertz CT molecular complexity index is 1170. The van der Waals surface area contributed by atoms with Crippen molar-refractivity contribution in [2.45, 2.75) is 109 Å². The van der Waals surface area contributed by atoms with E-state index in [0.717, 1.165) is 29.2 Å². The number of thioether (sulfide) groups is 1. The van der Waals surface area contributed by atoms with Gasteiger partial charge in [0.05, 0.1) is 0 Å². The average Bonchev–Trinajstić information content (AvgIpc) is 3.87. The molecule has 3 aliphatic carbocycles. The summed E-state index contributed by atoms with van der Waals surface area (Å²) in [5.41, 5.74) is 5.19. The second kappa shape index (κ2) is 13.6. The number of amides is 1. The number of carboxylic acids is 1. The third-order valence-corrected chi connectivity index (χ3v) is 9.79. The van der Waals surface area contributed by atoms with E-state index >= 15 is 0 Å². The molecule has 0 heterocycles. The fourth-order valence-corrected chi connectivity index (χ4v) is 7.13. The summed E-state index contributed by atoms with van der Waals surface area (Å²) in [7, 11) is 0. The first-order chi connectivity index (χ1) is 18.9. The van der Waals surface area contributed by atoms with Gasteiger partial charge in [0.15, 0.2) is 0 Å². The largest absolute Gasteiger partial charge is 0.480 e. The molecular weight excluding hydrogens is 516 g/mol. The summed E-state index contributed by atoms with van der Waals surface area (Å²) < 4.78 is 0. The van der Waals surface area contributed by atoms with Crippen LogP contribution in [0.4, 0.5) is 0 Å². The highest BCUT2D eigenvalue weighted by Crippen LogP contribution is 2.53. The van der Waals surface area contributed by atoms with Gasteiger partial charge in [-0.2, -0.15) is 11.8 Å². The highest BCUT2D eigenvalue weighted by Gasteiger charge is 2.53. The maximum Gasteiger partial charge on any atom is 0.326 e. The lowest BCUT2D eigenvalue weighted by atomic mass is 9.83. The zero-order valence-electron chi connectivity index (χ0n) is 23.6. The van der Waals surface area contributed by atoms with E-state index in [-0.39, 0.29) is 13.3 Å². The quantitative estimate of drug-likeness (QED) is 0.261. The van der Waals surface area contributed by atoms with Crippen molar-refractivity contribution in [2.24, 2.45) is 5.92 Å². The third-order valence-electron chi connectivity index (χ3n) is 9.15. The fraction of sp³-hybridized carbons (Fsp3) is 0.588. The fourth-order valence-electron chi connectivity index (χ4n) is 6.66. The van der Waals surface area contributed by atoms with Crippen LogP contribution in [0.3, 0.4) is 0 Å². The van der Waals surface area contributed by atoms with Gasteiger partial charge in [-0.15, -0.1) is 0 Å². The van der Waals surface area contributed by atoms with Crippen LogP contribution in [0.15, 0.2) is 42.5 Å². The van der Waals surface area contributed by atoms with Crippen LogP contribution in [0, 0.1) is 12.8 Å². The summed E-state index contributed by atoms with van der Waals surface area (Å²) in [6, 6.07) is 14.2. The zero-order valence-corrected chi connectivity index (χ0v) is 24.4. The van der Waals surface area contributed by atoms with Gasteiger partial charge in [0.1, 0.15) is 6.04 Å². The van der Waals surface area contributed by atoms with Crippen molar-refractivity contribution < 1.29 is 14.7 Å². The van der Waals surface area contributed by atoms with Gasteiger partial charge in [0.25, 0.3) is 5.91 Å². The second-order valence-electron chi connectivity index (χ2n) is 12.1. The van der Waals surface area contributed by atoms with Gasteiger partial charge in [-0.3, -0.25) is 9.69 Å². The molecule has 0 bridgehead atoms. The number of aliphatic carboxylic acids is 1. The van der Waals surface area contributed by atoms with E-state index in [1.54, 1.807) is 11.8 Å². The van der Waals surface area contributed by atoms with Crippen LogP contribution in [0.25, 0.3) is 11.1 Å². The maximum atomic E-state index is 13.5. The maximum absolute atomic E-state index is 13.5. The first-order valence-corrected chi connectivity index (χ1v) is 16.3. The number of rotatable bonds is 13. The van der Waals surface area contributed by atoms with Gasteiger partial charge in [-0.1, -0.05) is 69.9 Å². The highest BCUT2D eigenvalue weighted by molar-refractivity contribution is 7.98. The minimum atomic E-state index is -0.987. The number of carbonyl (C=O) groups is 2. The van der Waals surface area contributed by atoms with Crippen molar-refractivity contribution >= 4 is 23.6 Å². The Hall–Kier alpha value is -2.31. The smallest absolute Gasteiger partial charge is 0.326 e. The molecule has 3 fully saturated rings. The summed E-state index contributed by atoms with van der Waals surface area (Å²) in [5.74, 6) is 0.257. The third kappa shape index (κ3) is 7.30. The van der Waals surface area contributed by atoms with Gasteiger partial charge in [-0.25, -0.2) is 4.79 Å². The summed E-state index contributed by atoms with van der Waals surface area (Å²) >= 11 is 1.59. The molecule has 3 saturated carbocycles. The van der Waals surface area contributed by atoms with Crippen molar-refractivity contribution in [3.05, 3.63) is 59.2 Å². The van der Waals surface area contributed by atoms with Crippen LogP contribution < -0.4 is 5.32 Å². The van der Waals surface area contributed by atoms with Crippen LogP contribution in [0.2, 0.25) is 0 Å².